The van der Waals surface area contributed by atoms with Crippen LogP contribution in [0.3, 0.4) is 0 Å². The van der Waals surface area contributed by atoms with E-state index in [4.69, 9.17) is 61.6 Å². The number of rotatable bonds is 26. The topological polar surface area (TPSA) is 228 Å². The average Bonchev–Trinajstić information content (AvgIpc) is 1.61. The van der Waals surface area contributed by atoms with Gasteiger partial charge in [-0.15, -0.1) is 0 Å². The first-order chi connectivity index (χ1) is 50.5. The first kappa shape index (κ1) is 89.3. The second-order valence-electron chi connectivity index (χ2n) is 35.6. The lowest BCUT2D eigenvalue weighted by Crippen LogP contribution is -2.41. The molecule has 26 heteroatoms. The van der Waals surface area contributed by atoms with Crippen LogP contribution in [0.15, 0.2) is 114 Å². The molecule has 1 saturated heterocycles. The van der Waals surface area contributed by atoms with Gasteiger partial charge in [0.05, 0.1) is 112 Å². The summed E-state index contributed by atoms with van der Waals surface area (Å²) in [5.74, 6) is 2.91. The molecule has 1 aliphatic rings. The van der Waals surface area contributed by atoms with Gasteiger partial charge in [-0.2, -0.15) is 10.2 Å². The van der Waals surface area contributed by atoms with Gasteiger partial charge in [-0.25, -0.2) is 33.9 Å². The summed E-state index contributed by atoms with van der Waals surface area (Å²) in [6.45, 7) is 61.7. The number of aromatic nitrogens is 8. The van der Waals surface area contributed by atoms with Gasteiger partial charge in [0.25, 0.3) is 0 Å². The number of nitrogens with zero attached hydrogens (tertiary/aromatic N) is 8. The lowest BCUT2D eigenvalue weighted by atomic mass is 9.78. The first-order valence-electron chi connectivity index (χ1n) is 38.6. The second-order valence-corrected chi connectivity index (χ2v) is 50.9. The van der Waals surface area contributed by atoms with Crippen LogP contribution in [0.4, 0.5) is 9.59 Å². The Morgan fingerprint density at radius 1 is 0.532 bits per heavy atom. The van der Waals surface area contributed by atoms with Crippen LogP contribution in [-0.4, -0.2) is 126 Å². The van der Waals surface area contributed by atoms with E-state index in [1.54, 1.807) is 0 Å². The number of carbonyl (C=O) groups excluding carboxylic acids is 2. The number of benzene rings is 2. The highest BCUT2D eigenvalue weighted by atomic mass is 79.9. The molecule has 109 heavy (non-hydrogen) atoms. The fourth-order valence-electron chi connectivity index (χ4n) is 10.8. The van der Waals surface area contributed by atoms with Gasteiger partial charge in [-0.3, -0.25) is 4.98 Å². The fourth-order valence-corrected chi connectivity index (χ4v) is 14.1. The lowest BCUT2D eigenvalue weighted by Gasteiger charge is -2.36. The van der Waals surface area contributed by atoms with Crippen molar-refractivity contribution in [3.05, 3.63) is 137 Å². The summed E-state index contributed by atoms with van der Waals surface area (Å²) < 4.78 is 59.3. The van der Waals surface area contributed by atoms with Crippen molar-refractivity contribution in [2.45, 2.75) is 287 Å². The molecule has 0 bridgehead atoms. The van der Waals surface area contributed by atoms with Crippen molar-refractivity contribution < 1.29 is 51.1 Å². The third-order valence-electron chi connectivity index (χ3n) is 20.9. The van der Waals surface area contributed by atoms with Gasteiger partial charge >= 0.3 is 19.3 Å². The molecule has 21 nitrogen and oxygen atoms in total. The van der Waals surface area contributed by atoms with Crippen molar-refractivity contribution in [1.82, 2.24) is 50.1 Å². The van der Waals surface area contributed by atoms with E-state index in [0.29, 0.717) is 38.9 Å². The third kappa shape index (κ3) is 24.6. The number of carbonyl (C=O) groups is 2. The number of hydrogen-bond acceptors (Lipinski definition) is 17. The van der Waals surface area contributed by atoms with Crippen molar-refractivity contribution in [2.24, 2.45) is 0 Å². The quantitative estimate of drug-likeness (QED) is 0.0292. The summed E-state index contributed by atoms with van der Waals surface area (Å²) in [5, 5.41) is 17.7. The van der Waals surface area contributed by atoms with E-state index >= 15 is 0 Å². The van der Waals surface area contributed by atoms with Gasteiger partial charge in [0, 0.05) is 12.2 Å². The zero-order valence-corrected chi connectivity index (χ0v) is 75.2. The summed E-state index contributed by atoms with van der Waals surface area (Å²) in [7, 11) is -6.08. The summed E-state index contributed by atoms with van der Waals surface area (Å²) in [6.07, 6.45) is 7.03. The second kappa shape index (κ2) is 36.3. The van der Waals surface area contributed by atoms with Crippen LogP contribution < -0.4 is 25.6 Å². The molecule has 7 heterocycles. The van der Waals surface area contributed by atoms with Crippen LogP contribution in [0.5, 0.6) is 11.5 Å². The predicted octanol–water partition coefficient (Wildman–Crippen LogP) is 21.0. The van der Waals surface area contributed by atoms with Crippen LogP contribution in [0, 0.1) is 0 Å². The first-order valence-corrected chi connectivity index (χ1v) is 48.1. The monoisotopic (exact) mass is 1610 g/mol. The van der Waals surface area contributed by atoms with Crippen LogP contribution in [0.1, 0.15) is 219 Å². The molecular weight excluding hydrogens is 1490 g/mol. The van der Waals surface area contributed by atoms with Crippen molar-refractivity contribution in [3.8, 4) is 34.4 Å². The molecule has 6 aromatic heterocycles. The number of unbranched alkanes of at least 4 members (excludes halogenated alkanes) is 1. The van der Waals surface area contributed by atoms with E-state index in [-0.39, 0.29) is 27.2 Å². The number of ether oxygens (including phenoxy) is 4. The highest BCUT2D eigenvalue weighted by Crippen LogP contribution is 2.42. The molecular formula is C83H126BBrN10O11Si3. The third-order valence-corrected chi connectivity index (χ3v) is 34.8. The number of alkyl carbamates (subject to hydrolysis) is 2. The molecule has 2 N–H and O–H groups in total. The zero-order valence-electron chi connectivity index (χ0n) is 70.6. The van der Waals surface area contributed by atoms with Crippen molar-refractivity contribution >= 4 is 87.5 Å². The van der Waals surface area contributed by atoms with Crippen molar-refractivity contribution in [2.75, 3.05) is 19.8 Å². The number of fused-ring (bicyclic) bond motifs is 2. The molecule has 0 spiro atoms. The number of pyridine rings is 4. The molecule has 2 amide bonds. The minimum Gasteiger partial charge on any atom is -0.493 e. The maximum atomic E-state index is 12.7. The number of amides is 2. The lowest BCUT2D eigenvalue weighted by molar-refractivity contribution is 0.00578. The van der Waals surface area contributed by atoms with E-state index in [1.807, 2.05) is 162 Å². The molecule has 1 aliphatic heterocycles. The molecule has 0 saturated carbocycles. The Morgan fingerprint density at radius 2 is 0.954 bits per heavy atom. The molecule has 0 aliphatic carbocycles. The molecule has 0 unspecified atom stereocenters. The van der Waals surface area contributed by atoms with E-state index in [2.05, 4.69) is 185 Å². The Kier molecular flexibility index (Phi) is 29.7. The maximum Gasteiger partial charge on any atom is 0.495 e. The zero-order chi connectivity index (χ0) is 81.1. The Bertz CT molecular complexity index is 4330. The van der Waals surface area contributed by atoms with Gasteiger partial charge in [-0.1, -0.05) is 106 Å². The van der Waals surface area contributed by atoms with E-state index in [9.17, 15) is 9.59 Å². The van der Waals surface area contributed by atoms with Crippen LogP contribution in [0.25, 0.3) is 44.7 Å². The van der Waals surface area contributed by atoms with Gasteiger partial charge in [0.1, 0.15) is 27.3 Å². The summed E-state index contributed by atoms with van der Waals surface area (Å²) in [4.78, 5) is 44.4. The van der Waals surface area contributed by atoms with Gasteiger partial charge in [0.15, 0.2) is 36.6 Å². The van der Waals surface area contributed by atoms with Gasteiger partial charge < -0.3 is 52.2 Å². The number of halogens is 1. The average molecular weight is 1610 g/mol. The predicted molar refractivity (Wildman–Crippen MR) is 451 cm³/mol. The highest BCUT2D eigenvalue weighted by Gasteiger charge is 2.52. The number of nitrogens with one attached hydrogen (secondary N) is 2. The smallest absolute Gasteiger partial charge is 0.493 e. The normalized spacial score (nSPS) is 14.8. The van der Waals surface area contributed by atoms with Crippen molar-refractivity contribution in [3.63, 3.8) is 0 Å². The van der Waals surface area contributed by atoms with E-state index in [0.717, 1.165) is 115 Å². The van der Waals surface area contributed by atoms with Crippen LogP contribution in [0.2, 0.25) is 54.4 Å². The summed E-state index contributed by atoms with van der Waals surface area (Å²) >= 11 is 3.40. The molecule has 1 fully saturated rings. The highest BCUT2D eigenvalue weighted by molar-refractivity contribution is 9.10. The van der Waals surface area contributed by atoms with Crippen molar-refractivity contribution in [1.29, 1.82) is 0 Å². The molecule has 8 aromatic rings. The Labute approximate surface area is 662 Å². The van der Waals surface area contributed by atoms with Crippen LogP contribution in [-0.2, 0) is 45.3 Å². The fraction of sp³-hybridized carbons (Fsp3) is 0.566. The SMILES string of the molecule is CC(C)(C)OC(=O)N[C@@H](CCCO[Si](C)(C)C(C)(C)C)c1cccc(Br)n1.CCCC[C@H](NC(=O)OC(C)(C)C)c1cccc(-c2cc(OCC)c3cnn(-c4cccc(CO[Si](C)(C)C(C)(C)C)n4)c3c2)n1.CCOc1cc(B2OC(C)(C)C(C)(C)O2)cc2c1cnn2-c1cccc(CO[Si](C)(C)C(C)(C)C)n1. The standard InChI is InChI=1S/C36H51N5O4Si.C27H40BN3O4Si.C20H35BrN2O3Si/c1-11-13-17-30(40-34(42)45-35(3,4)5)29-19-15-18-28(39-29)25-21-31-27(32(22-25)43-12-2)23-37-41(31)33-20-14-16-26(38-33)24-44-46(9,10)36(6,7)8;1-11-32-23-16-19(28-34-26(5,6)27(7,8)35-28)15-22-21(23)17-29-31(22)24-14-12-13-20(30-24)18-33-36(9,10)25(2,3)4;1-19(2,3)26-18(24)23-16(15-11-9-13-17(21)22-15)12-10-14-25-27(7,8)20(4,5)6/h14-16,18-23,30H,11-13,17,24H2,1-10H3,(H,40,42);12-17H,11,18H2,1-10H3;9,11,13,16H,10,12,14H2,1-8H3,(H,23,24)/t30-;;16-/m0.0/s1. The Hall–Kier alpha value is -6.88. The molecule has 2 aromatic carbocycles. The van der Waals surface area contributed by atoms with Gasteiger partial charge in [-0.05, 0) is 251 Å². The van der Waals surface area contributed by atoms with Gasteiger partial charge in [0.2, 0.25) is 0 Å². The van der Waals surface area contributed by atoms with Crippen LogP contribution >= 0.6 is 15.9 Å². The maximum absolute atomic E-state index is 12.7. The van der Waals surface area contributed by atoms with E-state index in [1.165, 1.54) is 0 Å². The minimum absolute atomic E-state index is 0.113. The summed E-state index contributed by atoms with van der Waals surface area (Å²) in [5.41, 5.74) is 5.62. The Balaban J connectivity index is 0.000000236. The largest absolute Gasteiger partial charge is 0.495 e. The molecule has 596 valence electrons. The minimum atomic E-state index is -1.93. The Morgan fingerprint density at radius 3 is 1.39 bits per heavy atom. The van der Waals surface area contributed by atoms with E-state index < -0.39 is 66.7 Å². The molecule has 0 radical (unpaired) electrons. The molecule has 2 atom stereocenters. The number of hydrogen-bond donors (Lipinski definition) is 2. The molecule has 9 rings (SSSR count). The summed E-state index contributed by atoms with van der Waals surface area (Å²) in [6, 6.07) is 31.1.